The highest BCUT2D eigenvalue weighted by atomic mass is 16.4. The number of carbonyl (C=O) groups excluding carboxylic acids is 1. The van der Waals surface area contributed by atoms with Crippen molar-refractivity contribution >= 4 is 11.9 Å². The van der Waals surface area contributed by atoms with E-state index in [1.54, 1.807) is 19.0 Å². The molecule has 2 N–H and O–H groups in total. The van der Waals surface area contributed by atoms with Crippen molar-refractivity contribution in [1.82, 2.24) is 10.2 Å². The second kappa shape index (κ2) is 5.84. The van der Waals surface area contributed by atoms with Crippen molar-refractivity contribution in [3.63, 3.8) is 0 Å². The molecule has 1 atom stereocenters. The SMILES string of the molecule is CN(C)C(=O)CCCNC(C(=O)O)C1CC1. The van der Waals surface area contributed by atoms with Crippen LogP contribution >= 0.6 is 0 Å². The van der Waals surface area contributed by atoms with Crippen molar-refractivity contribution in [2.75, 3.05) is 20.6 Å². The molecule has 0 aromatic carbocycles. The van der Waals surface area contributed by atoms with Gasteiger partial charge in [0.05, 0.1) is 0 Å². The Labute approximate surface area is 95.8 Å². The predicted molar refractivity (Wildman–Crippen MR) is 60.1 cm³/mol. The lowest BCUT2D eigenvalue weighted by Gasteiger charge is -2.14. The molecular formula is C11H20N2O3. The molecule has 0 aromatic heterocycles. The van der Waals surface area contributed by atoms with Crippen LogP contribution in [0, 0.1) is 5.92 Å². The van der Waals surface area contributed by atoms with Gasteiger partial charge in [-0.3, -0.25) is 9.59 Å². The summed E-state index contributed by atoms with van der Waals surface area (Å²) < 4.78 is 0. The molecule has 1 rings (SSSR count). The van der Waals surface area contributed by atoms with Gasteiger partial charge in [-0.2, -0.15) is 0 Å². The van der Waals surface area contributed by atoms with Crippen LogP contribution in [-0.4, -0.2) is 48.6 Å². The van der Waals surface area contributed by atoms with Crippen LogP contribution in [0.15, 0.2) is 0 Å². The third-order valence-corrected chi connectivity index (χ3v) is 2.79. The summed E-state index contributed by atoms with van der Waals surface area (Å²) >= 11 is 0. The van der Waals surface area contributed by atoms with Crippen LogP contribution in [0.1, 0.15) is 25.7 Å². The summed E-state index contributed by atoms with van der Waals surface area (Å²) in [6.45, 7) is 0.590. The Morgan fingerprint density at radius 3 is 2.50 bits per heavy atom. The van der Waals surface area contributed by atoms with Crippen molar-refractivity contribution in [3.05, 3.63) is 0 Å². The lowest BCUT2D eigenvalue weighted by molar-refractivity contribution is -0.140. The monoisotopic (exact) mass is 228 g/mol. The Kier molecular flexibility index (Phi) is 4.73. The van der Waals surface area contributed by atoms with E-state index in [2.05, 4.69) is 5.32 Å². The Hall–Kier alpha value is -1.10. The minimum absolute atomic E-state index is 0.0834. The third kappa shape index (κ3) is 4.18. The number of aliphatic carboxylic acids is 1. The molecule has 1 amide bonds. The van der Waals surface area contributed by atoms with Gasteiger partial charge in [-0.15, -0.1) is 0 Å². The average molecular weight is 228 g/mol. The predicted octanol–water partition coefficient (Wildman–Crippen LogP) is 0.308. The highest BCUT2D eigenvalue weighted by molar-refractivity contribution is 5.75. The van der Waals surface area contributed by atoms with Crippen molar-refractivity contribution in [2.24, 2.45) is 5.92 Å². The normalized spacial score (nSPS) is 16.9. The van der Waals surface area contributed by atoms with Gasteiger partial charge < -0.3 is 15.3 Å². The van der Waals surface area contributed by atoms with Gasteiger partial charge >= 0.3 is 5.97 Å². The van der Waals surface area contributed by atoms with E-state index >= 15 is 0 Å². The molecule has 92 valence electrons. The number of nitrogens with zero attached hydrogens (tertiary/aromatic N) is 1. The van der Waals surface area contributed by atoms with Crippen LogP contribution in [0.25, 0.3) is 0 Å². The number of hydrogen-bond acceptors (Lipinski definition) is 3. The second-order valence-corrected chi connectivity index (χ2v) is 4.50. The van der Waals surface area contributed by atoms with E-state index in [0.717, 1.165) is 12.8 Å². The zero-order valence-corrected chi connectivity index (χ0v) is 9.90. The number of carbonyl (C=O) groups is 2. The van der Waals surface area contributed by atoms with E-state index in [0.29, 0.717) is 25.3 Å². The maximum absolute atomic E-state index is 11.2. The molecule has 0 heterocycles. The van der Waals surface area contributed by atoms with Crippen molar-refractivity contribution in [2.45, 2.75) is 31.7 Å². The topological polar surface area (TPSA) is 69.6 Å². The van der Waals surface area contributed by atoms with Crippen molar-refractivity contribution in [3.8, 4) is 0 Å². The smallest absolute Gasteiger partial charge is 0.320 e. The quantitative estimate of drug-likeness (QED) is 0.615. The Morgan fingerprint density at radius 1 is 1.44 bits per heavy atom. The first-order chi connectivity index (χ1) is 7.52. The van der Waals surface area contributed by atoms with Gasteiger partial charge in [-0.05, 0) is 31.7 Å². The van der Waals surface area contributed by atoms with Crippen LogP contribution in [0.5, 0.6) is 0 Å². The second-order valence-electron chi connectivity index (χ2n) is 4.50. The number of rotatable bonds is 7. The molecular weight excluding hydrogens is 208 g/mol. The summed E-state index contributed by atoms with van der Waals surface area (Å²) in [6.07, 6.45) is 3.16. The van der Waals surface area contributed by atoms with Crippen molar-refractivity contribution < 1.29 is 14.7 Å². The van der Waals surface area contributed by atoms with Crippen LogP contribution in [0.2, 0.25) is 0 Å². The average Bonchev–Trinajstić information content (AvgIpc) is 3.00. The lowest BCUT2D eigenvalue weighted by Crippen LogP contribution is -2.39. The van der Waals surface area contributed by atoms with E-state index < -0.39 is 12.0 Å². The van der Waals surface area contributed by atoms with Crippen LogP contribution in [-0.2, 0) is 9.59 Å². The number of amides is 1. The van der Waals surface area contributed by atoms with Gasteiger partial charge in [-0.1, -0.05) is 0 Å². The first-order valence-electron chi connectivity index (χ1n) is 5.68. The summed E-state index contributed by atoms with van der Waals surface area (Å²) in [4.78, 5) is 23.7. The minimum atomic E-state index is -0.776. The summed E-state index contributed by atoms with van der Waals surface area (Å²) in [6, 6.07) is -0.422. The molecule has 0 spiro atoms. The largest absolute Gasteiger partial charge is 0.480 e. The van der Waals surface area contributed by atoms with Crippen LogP contribution < -0.4 is 5.32 Å². The number of hydrogen-bond donors (Lipinski definition) is 2. The lowest BCUT2D eigenvalue weighted by atomic mass is 10.2. The van der Waals surface area contributed by atoms with E-state index in [-0.39, 0.29) is 5.91 Å². The number of carboxylic acid groups (broad SMARTS) is 1. The van der Waals surface area contributed by atoms with E-state index in [9.17, 15) is 9.59 Å². The fourth-order valence-electron chi connectivity index (χ4n) is 1.61. The maximum Gasteiger partial charge on any atom is 0.320 e. The molecule has 1 fully saturated rings. The Bertz CT molecular complexity index is 262. The van der Waals surface area contributed by atoms with Gasteiger partial charge in [-0.25, -0.2) is 0 Å². The van der Waals surface area contributed by atoms with E-state index in [1.165, 1.54) is 0 Å². The highest BCUT2D eigenvalue weighted by Gasteiger charge is 2.35. The molecule has 5 nitrogen and oxygen atoms in total. The summed E-state index contributed by atoms with van der Waals surface area (Å²) in [5.41, 5.74) is 0. The number of nitrogens with one attached hydrogen (secondary N) is 1. The molecule has 1 aliphatic carbocycles. The van der Waals surface area contributed by atoms with Gasteiger partial charge in [0.1, 0.15) is 6.04 Å². The molecule has 16 heavy (non-hydrogen) atoms. The van der Waals surface area contributed by atoms with Gasteiger partial charge in [0.2, 0.25) is 5.91 Å². The Balaban J connectivity index is 2.14. The van der Waals surface area contributed by atoms with Crippen LogP contribution in [0.4, 0.5) is 0 Å². The van der Waals surface area contributed by atoms with Gasteiger partial charge in [0.15, 0.2) is 0 Å². The number of carboxylic acids is 1. The molecule has 0 aromatic rings. The molecule has 0 saturated heterocycles. The molecule has 1 saturated carbocycles. The first-order valence-corrected chi connectivity index (χ1v) is 5.68. The summed E-state index contributed by atoms with van der Waals surface area (Å²) in [7, 11) is 3.44. The van der Waals surface area contributed by atoms with Gasteiger partial charge in [0.25, 0.3) is 0 Å². The minimum Gasteiger partial charge on any atom is -0.480 e. The highest BCUT2D eigenvalue weighted by Crippen LogP contribution is 2.32. The van der Waals surface area contributed by atoms with Gasteiger partial charge in [0, 0.05) is 20.5 Å². The molecule has 1 unspecified atom stereocenters. The molecule has 0 radical (unpaired) electrons. The summed E-state index contributed by atoms with van der Waals surface area (Å²) in [5.74, 6) is -0.399. The first kappa shape index (κ1) is 13.0. The zero-order chi connectivity index (χ0) is 12.1. The molecule has 0 aliphatic heterocycles. The zero-order valence-electron chi connectivity index (χ0n) is 9.90. The molecule has 1 aliphatic rings. The fourth-order valence-corrected chi connectivity index (χ4v) is 1.61. The maximum atomic E-state index is 11.2. The molecule has 5 heteroatoms. The van der Waals surface area contributed by atoms with E-state index in [4.69, 9.17) is 5.11 Å². The van der Waals surface area contributed by atoms with Crippen molar-refractivity contribution in [1.29, 1.82) is 0 Å². The summed E-state index contributed by atoms with van der Waals surface area (Å²) in [5, 5.41) is 11.9. The third-order valence-electron chi connectivity index (χ3n) is 2.79. The van der Waals surface area contributed by atoms with Crippen LogP contribution in [0.3, 0.4) is 0 Å². The fraction of sp³-hybridized carbons (Fsp3) is 0.818. The Morgan fingerprint density at radius 2 is 2.06 bits per heavy atom. The molecule has 0 bridgehead atoms. The van der Waals surface area contributed by atoms with E-state index in [1.807, 2.05) is 0 Å². The standard InChI is InChI=1S/C11H20N2O3/c1-13(2)9(14)4-3-7-12-10(11(15)16)8-5-6-8/h8,10,12H,3-7H2,1-2H3,(H,15,16).